The first-order chi connectivity index (χ1) is 8.69. The van der Waals surface area contributed by atoms with Crippen molar-refractivity contribution in [2.24, 2.45) is 0 Å². The minimum atomic E-state index is -0.446. The molecule has 0 aliphatic carbocycles. The van der Waals surface area contributed by atoms with Gasteiger partial charge in [-0.3, -0.25) is 4.79 Å². The largest absolute Gasteiger partial charge is 0.462 e. The standard InChI is InChI=1S/C14H15NO3/c1-3-12(16)13-11(14(17)18-4-2)9-10-7-5-6-8-15(10)13/h5-9H,3-4H2,1-2H3. The van der Waals surface area contributed by atoms with Crippen LogP contribution in [-0.2, 0) is 4.74 Å². The van der Waals surface area contributed by atoms with Gasteiger partial charge in [-0.05, 0) is 25.1 Å². The summed E-state index contributed by atoms with van der Waals surface area (Å²) < 4.78 is 6.72. The minimum Gasteiger partial charge on any atom is -0.462 e. The number of nitrogens with zero attached hydrogens (tertiary/aromatic N) is 1. The summed E-state index contributed by atoms with van der Waals surface area (Å²) in [6.45, 7) is 3.82. The molecule has 0 aliphatic rings. The Morgan fingerprint density at radius 3 is 2.72 bits per heavy atom. The molecule has 94 valence electrons. The lowest BCUT2D eigenvalue weighted by molar-refractivity contribution is 0.0523. The van der Waals surface area contributed by atoms with E-state index in [0.717, 1.165) is 5.52 Å². The maximum Gasteiger partial charge on any atom is 0.340 e. The van der Waals surface area contributed by atoms with Crippen LogP contribution in [0.15, 0.2) is 30.5 Å². The summed E-state index contributed by atoms with van der Waals surface area (Å²) in [5.41, 5.74) is 1.57. The molecule has 2 rings (SSSR count). The lowest BCUT2D eigenvalue weighted by atomic mass is 10.1. The van der Waals surface area contributed by atoms with Gasteiger partial charge in [-0.25, -0.2) is 4.79 Å². The molecule has 0 atom stereocenters. The van der Waals surface area contributed by atoms with Crippen molar-refractivity contribution in [3.63, 3.8) is 0 Å². The molecular formula is C14H15NO3. The molecule has 0 N–H and O–H groups in total. The van der Waals surface area contributed by atoms with Crippen molar-refractivity contribution in [2.75, 3.05) is 6.61 Å². The van der Waals surface area contributed by atoms with Gasteiger partial charge in [0, 0.05) is 18.1 Å². The molecule has 2 heterocycles. The van der Waals surface area contributed by atoms with Gasteiger partial charge >= 0.3 is 5.97 Å². The molecule has 0 saturated heterocycles. The van der Waals surface area contributed by atoms with Gasteiger partial charge in [0.25, 0.3) is 0 Å². The molecule has 4 nitrogen and oxygen atoms in total. The highest BCUT2D eigenvalue weighted by Crippen LogP contribution is 2.19. The van der Waals surface area contributed by atoms with Gasteiger partial charge in [-0.1, -0.05) is 13.0 Å². The molecule has 0 amide bonds. The highest BCUT2D eigenvalue weighted by atomic mass is 16.5. The molecule has 2 aromatic rings. The monoisotopic (exact) mass is 245 g/mol. The Morgan fingerprint density at radius 1 is 1.28 bits per heavy atom. The zero-order valence-corrected chi connectivity index (χ0v) is 10.5. The van der Waals surface area contributed by atoms with Crippen LogP contribution in [0, 0.1) is 0 Å². The smallest absolute Gasteiger partial charge is 0.340 e. The summed E-state index contributed by atoms with van der Waals surface area (Å²) in [6, 6.07) is 7.24. The first kappa shape index (κ1) is 12.4. The molecule has 2 aromatic heterocycles. The van der Waals surface area contributed by atoms with Crippen LogP contribution >= 0.6 is 0 Å². The van der Waals surface area contributed by atoms with Crippen molar-refractivity contribution < 1.29 is 14.3 Å². The van der Waals surface area contributed by atoms with Gasteiger partial charge in [0.15, 0.2) is 5.78 Å². The van der Waals surface area contributed by atoms with Crippen LogP contribution in [0.2, 0.25) is 0 Å². The van der Waals surface area contributed by atoms with E-state index in [4.69, 9.17) is 4.74 Å². The van der Waals surface area contributed by atoms with E-state index in [-0.39, 0.29) is 5.78 Å². The Morgan fingerprint density at radius 2 is 2.06 bits per heavy atom. The average molecular weight is 245 g/mol. The summed E-state index contributed by atoms with van der Waals surface area (Å²) in [5.74, 6) is -0.512. The molecule has 18 heavy (non-hydrogen) atoms. The van der Waals surface area contributed by atoms with Crippen molar-refractivity contribution >= 4 is 17.3 Å². The van der Waals surface area contributed by atoms with E-state index in [1.807, 2.05) is 18.2 Å². The Balaban J connectivity index is 2.64. The molecule has 0 aromatic carbocycles. The number of carbonyl (C=O) groups is 2. The number of pyridine rings is 1. The van der Waals surface area contributed by atoms with Crippen LogP contribution in [0.4, 0.5) is 0 Å². The van der Waals surface area contributed by atoms with Crippen LogP contribution in [0.1, 0.15) is 41.1 Å². The fourth-order valence-corrected chi connectivity index (χ4v) is 1.94. The van der Waals surface area contributed by atoms with Crippen molar-refractivity contribution in [3.8, 4) is 0 Å². The van der Waals surface area contributed by atoms with E-state index in [1.165, 1.54) is 0 Å². The molecule has 0 saturated carbocycles. The van der Waals surface area contributed by atoms with Gasteiger partial charge in [0.2, 0.25) is 0 Å². The number of carbonyl (C=O) groups excluding carboxylic acids is 2. The number of hydrogen-bond acceptors (Lipinski definition) is 3. The maximum atomic E-state index is 12.0. The number of fused-ring (bicyclic) bond motifs is 1. The Labute approximate surface area is 105 Å². The predicted molar refractivity (Wildman–Crippen MR) is 68.0 cm³/mol. The second-order valence-electron chi connectivity index (χ2n) is 3.90. The lowest BCUT2D eigenvalue weighted by Gasteiger charge is -2.04. The Hall–Kier alpha value is -2.10. The van der Waals surface area contributed by atoms with E-state index >= 15 is 0 Å². The second kappa shape index (κ2) is 5.04. The third kappa shape index (κ3) is 2.01. The molecule has 0 bridgehead atoms. The predicted octanol–water partition coefficient (Wildman–Crippen LogP) is 2.71. The van der Waals surface area contributed by atoms with E-state index in [1.54, 1.807) is 30.5 Å². The van der Waals surface area contributed by atoms with Crippen LogP contribution in [0.25, 0.3) is 5.52 Å². The van der Waals surface area contributed by atoms with Gasteiger partial charge < -0.3 is 9.14 Å². The van der Waals surface area contributed by atoms with Crippen molar-refractivity contribution in [3.05, 3.63) is 41.7 Å². The Bertz CT molecular complexity index is 598. The first-order valence-electron chi connectivity index (χ1n) is 5.99. The topological polar surface area (TPSA) is 47.8 Å². The van der Waals surface area contributed by atoms with Crippen LogP contribution in [0.5, 0.6) is 0 Å². The second-order valence-corrected chi connectivity index (χ2v) is 3.90. The van der Waals surface area contributed by atoms with Crippen molar-refractivity contribution in [1.29, 1.82) is 0 Å². The number of rotatable bonds is 4. The van der Waals surface area contributed by atoms with Gasteiger partial charge in [-0.2, -0.15) is 0 Å². The summed E-state index contributed by atoms with van der Waals surface area (Å²) >= 11 is 0. The number of Topliss-reactive ketones (excluding diaryl/α,β-unsaturated/α-hetero) is 1. The third-order valence-electron chi connectivity index (χ3n) is 2.76. The Kier molecular flexibility index (Phi) is 3.46. The van der Waals surface area contributed by atoms with Crippen molar-refractivity contribution in [2.45, 2.75) is 20.3 Å². The SMILES string of the molecule is CCOC(=O)c1cc2ccccn2c1C(=O)CC. The lowest BCUT2D eigenvalue weighted by Crippen LogP contribution is -2.11. The number of ketones is 1. The van der Waals surface area contributed by atoms with Gasteiger partial charge in [0.1, 0.15) is 5.69 Å². The zero-order chi connectivity index (χ0) is 13.1. The number of ether oxygens (including phenoxy) is 1. The average Bonchev–Trinajstić information content (AvgIpc) is 2.77. The zero-order valence-electron chi connectivity index (χ0n) is 10.5. The molecule has 0 radical (unpaired) electrons. The summed E-state index contributed by atoms with van der Waals surface area (Å²) in [5, 5.41) is 0. The molecule has 0 aliphatic heterocycles. The van der Waals surface area contributed by atoms with E-state index in [9.17, 15) is 9.59 Å². The van der Waals surface area contributed by atoms with E-state index in [0.29, 0.717) is 24.3 Å². The number of aromatic nitrogens is 1. The van der Waals surface area contributed by atoms with Crippen LogP contribution in [-0.4, -0.2) is 22.8 Å². The fourth-order valence-electron chi connectivity index (χ4n) is 1.94. The molecule has 0 spiro atoms. The summed E-state index contributed by atoms with van der Waals surface area (Å²) in [6.07, 6.45) is 2.13. The highest BCUT2D eigenvalue weighted by Gasteiger charge is 2.21. The molecule has 0 fully saturated rings. The van der Waals surface area contributed by atoms with E-state index in [2.05, 4.69) is 0 Å². The van der Waals surface area contributed by atoms with Crippen LogP contribution in [0.3, 0.4) is 0 Å². The third-order valence-corrected chi connectivity index (χ3v) is 2.76. The highest BCUT2D eigenvalue weighted by molar-refractivity contribution is 6.06. The quantitative estimate of drug-likeness (QED) is 0.614. The van der Waals surface area contributed by atoms with Gasteiger partial charge in [-0.15, -0.1) is 0 Å². The normalized spacial score (nSPS) is 10.6. The maximum absolute atomic E-state index is 12.0. The molecular weight excluding hydrogens is 230 g/mol. The number of esters is 1. The molecule has 0 unspecified atom stereocenters. The van der Waals surface area contributed by atoms with Crippen LogP contribution < -0.4 is 0 Å². The summed E-state index contributed by atoms with van der Waals surface area (Å²) in [7, 11) is 0. The minimum absolute atomic E-state index is 0.0655. The van der Waals surface area contributed by atoms with Gasteiger partial charge in [0.05, 0.1) is 12.2 Å². The first-order valence-corrected chi connectivity index (χ1v) is 5.99. The summed E-state index contributed by atoms with van der Waals surface area (Å²) in [4.78, 5) is 23.9. The number of hydrogen-bond donors (Lipinski definition) is 0. The van der Waals surface area contributed by atoms with Crippen molar-refractivity contribution in [1.82, 2.24) is 4.40 Å². The van der Waals surface area contributed by atoms with E-state index < -0.39 is 5.97 Å². The fraction of sp³-hybridized carbons (Fsp3) is 0.286. The molecule has 4 heteroatoms.